The molecule has 18 heavy (non-hydrogen) atoms. The van der Waals surface area contributed by atoms with Crippen LogP contribution >= 0.6 is 41.2 Å². The molecule has 110 valence electrons. The van der Waals surface area contributed by atoms with Crippen molar-refractivity contribution in [3.8, 4) is 0 Å². The van der Waals surface area contributed by atoms with Gasteiger partial charge in [0, 0.05) is 23.0 Å². The molecule has 0 bridgehead atoms. The molecule has 0 spiro atoms. The van der Waals surface area contributed by atoms with Crippen molar-refractivity contribution in [1.29, 1.82) is 0 Å². The third kappa shape index (κ3) is 11.6. The van der Waals surface area contributed by atoms with Crippen LogP contribution in [0.2, 0.25) is 0 Å². The Bertz CT molecular complexity index is 162. The van der Waals surface area contributed by atoms with Gasteiger partial charge in [-0.3, -0.25) is 0 Å². The molecule has 0 saturated carbocycles. The first kappa shape index (κ1) is 19.8. The van der Waals surface area contributed by atoms with Crippen LogP contribution in [0.3, 0.4) is 0 Å². The average Bonchev–Trinajstić information content (AvgIpc) is 2.41. The molecule has 0 saturated heterocycles. The zero-order valence-corrected chi connectivity index (χ0v) is 17.9. The Labute approximate surface area is 132 Å². The maximum atomic E-state index is 5.61. The lowest BCUT2D eigenvalue weighted by Gasteiger charge is -2.14. The van der Waals surface area contributed by atoms with Crippen molar-refractivity contribution in [2.75, 3.05) is 13.2 Å². The molecule has 0 aromatic carbocycles. The van der Waals surface area contributed by atoms with E-state index in [2.05, 4.69) is 27.7 Å². The van der Waals surface area contributed by atoms with Crippen LogP contribution in [0.4, 0.5) is 0 Å². The van der Waals surface area contributed by atoms with Crippen LogP contribution in [-0.2, 0) is 8.85 Å². The first-order valence-electron chi connectivity index (χ1n) is 6.59. The van der Waals surface area contributed by atoms with Crippen molar-refractivity contribution in [2.24, 2.45) is 0 Å². The van der Waals surface area contributed by atoms with Crippen LogP contribution in [0.15, 0.2) is 0 Å². The second-order valence-electron chi connectivity index (χ2n) is 3.71. The lowest BCUT2D eigenvalue weighted by molar-refractivity contribution is 0.358. The SMILES string of the molecule is CCO[SiH2]C(CC)SSSSC(CC)[SiH2]OCC. The van der Waals surface area contributed by atoms with Gasteiger partial charge in [0.2, 0.25) is 0 Å². The molecular formula is C10H26O2S4Si2. The average molecular weight is 363 g/mol. The molecule has 2 atom stereocenters. The third-order valence-corrected chi connectivity index (χ3v) is 15.9. The molecule has 0 aliphatic heterocycles. The Hall–Kier alpha value is 1.75. The highest BCUT2D eigenvalue weighted by atomic mass is 33.7. The van der Waals surface area contributed by atoms with Crippen LogP contribution in [0.5, 0.6) is 0 Å². The van der Waals surface area contributed by atoms with E-state index in [9.17, 15) is 0 Å². The normalized spacial score (nSPS) is 16.0. The Kier molecular flexibility index (Phi) is 16.6. The maximum absolute atomic E-state index is 5.61. The summed E-state index contributed by atoms with van der Waals surface area (Å²) >= 11 is 0. The molecule has 0 heterocycles. The molecule has 0 aromatic heterocycles. The Morgan fingerprint density at radius 3 is 1.44 bits per heavy atom. The highest BCUT2D eigenvalue weighted by Gasteiger charge is 2.12. The molecule has 2 unspecified atom stereocenters. The van der Waals surface area contributed by atoms with Crippen LogP contribution in [0.25, 0.3) is 0 Å². The summed E-state index contributed by atoms with van der Waals surface area (Å²) in [5.41, 5.74) is 0. The van der Waals surface area contributed by atoms with E-state index in [0.29, 0.717) is 0 Å². The van der Waals surface area contributed by atoms with Gasteiger partial charge < -0.3 is 8.85 Å². The minimum absolute atomic E-state index is 0.337. The zero-order valence-electron chi connectivity index (χ0n) is 11.8. The van der Waals surface area contributed by atoms with Crippen molar-refractivity contribution in [3.63, 3.8) is 0 Å². The number of rotatable bonds is 13. The molecule has 0 N–H and O–H groups in total. The second-order valence-corrected chi connectivity index (χ2v) is 14.8. The van der Waals surface area contributed by atoms with E-state index in [-0.39, 0.29) is 19.5 Å². The van der Waals surface area contributed by atoms with E-state index >= 15 is 0 Å². The fourth-order valence-electron chi connectivity index (χ4n) is 1.07. The molecule has 0 radical (unpaired) electrons. The lowest BCUT2D eigenvalue weighted by atomic mass is 10.6. The second kappa shape index (κ2) is 15.1. The van der Waals surface area contributed by atoms with E-state index in [1.807, 2.05) is 41.2 Å². The van der Waals surface area contributed by atoms with Gasteiger partial charge in [0.15, 0.2) is 19.5 Å². The Morgan fingerprint density at radius 1 is 0.778 bits per heavy atom. The summed E-state index contributed by atoms with van der Waals surface area (Å²) in [6, 6.07) is 0. The van der Waals surface area contributed by atoms with E-state index < -0.39 is 0 Å². The van der Waals surface area contributed by atoms with Crippen LogP contribution in [0.1, 0.15) is 40.5 Å². The predicted octanol–water partition coefficient (Wildman–Crippen LogP) is 3.38. The Balaban J connectivity index is 3.55. The zero-order chi connectivity index (χ0) is 13.6. The molecule has 8 heteroatoms. The third-order valence-electron chi connectivity index (χ3n) is 2.30. The van der Waals surface area contributed by atoms with E-state index in [0.717, 1.165) is 23.0 Å². The molecule has 2 nitrogen and oxygen atoms in total. The van der Waals surface area contributed by atoms with Crippen LogP contribution in [0, 0.1) is 0 Å². The quantitative estimate of drug-likeness (QED) is 0.282. The number of hydrogen-bond donors (Lipinski definition) is 0. The molecule has 0 aliphatic rings. The predicted molar refractivity (Wildman–Crippen MR) is 98.9 cm³/mol. The molecule has 0 aromatic rings. The standard InChI is InChI=1S/C10H26O2S4Si2/c1-5-9(17-11-7-3)13-15-16-14-10(6-2)18-12-8-4/h9-10H,5-8,17-18H2,1-4H3. The molecule has 0 rings (SSSR count). The topological polar surface area (TPSA) is 18.5 Å². The van der Waals surface area contributed by atoms with Gasteiger partial charge in [-0.15, -0.1) is 0 Å². The summed E-state index contributed by atoms with van der Waals surface area (Å²) in [5.74, 6) is 0. The Morgan fingerprint density at radius 2 is 1.17 bits per heavy atom. The van der Waals surface area contributed by atoms with Crippen molar-refractivity contribution in [2.45, 2.75) is 50.3 Å². The minimum Gasteiger partial charge on any atom is -0.423 e. The first-order chi connectivity index (χ1) is 8.78. The molecule has 0 amide bonds. The van der Waals surface area contributed by atoms with Crippen LogP contribution in [-0.4, -0.2) is 42.5 Å². The summed E-state index contributed by atoms with van der Waals surface area (Å²) in [4.78, 5) is 1.51. The largest absolute Gasteiger partial charge is 0.423 e. The van der Waals surface area contributed by atoms with E-state index in [4.69, 9.17) is 8.85 Å². The highest BCUT2D eigenvalue weighted by molar-refractivity contribution is 9.26. The van der Waals surface area contributed by atoms with Gasteiger partial charge in [0.25, 0.3) is 0 Å². The minimum atomic E-state index is -0.337. The van der Waals surface area contributed by atoms with Gasteiger partial charge >= 0.3 is 0 Å². The highest BCUT2D eigenvalue weighted by Crippen LogP contribution is 2.47. The van der Waals surface area contributed by atoms with Gasteiger partial charge in [-0.25, -0.2) is 0 Å². The number of hydrogen-bond acceptors (Lipinski definition) is 6. The van der Waals surface area contributed by atoms with Crippen molar-refractivity contribution < 1.29 is 8.85 Å². The molecular weight excluding hydrogens is 337 g/mol. The summed E-state index contributed by atoms with van der Waals surface area (Å²) < 4.78 is 11.2. The van der Waals surface area contributed by atoms with Gasteiger partial charge in [-0.2, -0.15) is 0 Å². The smallest absolute Gasteiger partial charge is 0.175 e. The van der Waals surface area contributed by atoms with Gasteiger partial charge in [0.1, 0.15) is 0 Å². The van der Waals surface area contributed by atoms with Gasteiger partial charge in [0.05, 0.1) is 0 Å². The van der Waals surface area contributed by atoms with Gasteiger partial charge in [-0.05, 0) is 46.3 Å². The van der Waals surface area contributed by atoms with Crippen molar-refractivity contribution in [1.82, 2.24) is 0 Å². The summed E-state index contributed by atoms with van der Waals surface area (Å²) in [7, 11) is 7.20. The first-order valence-corrected chi connectivity index (χ1v) is 14.3. The van der Waals surface area contributed by atoms with Gasteiger partial charge in [-0.1, -0.05) is 35.4 Å². The monoisotopic (exact) mass is 362 g/mol. The fraction of sp³-hybridized carbons (Fsp3) is 1.00. The fourth-order valence-corrected chi connectivity index (χ4v) is 14.1. The molecule has 0 aliphatic carbocycles. The summed E-state index contributed by atoms with van der Waals surface area (Å²) in [6.45, 7) is 10.5. The molecule has 0 fully saturated rings. The maximum Gasteiger partial charge on any atom is 0.175 e. The van der Waals surface area contributed by atoms with E-state index in [1.165, 1.54) is 12.8 Å². The van der Waals surface area contributed by atoms with Crippen molar-refractivity contribution in [3.05, 3.63) is 0 Å². The van der Waals surface area contributed by atoms with Crippen LogP contribution < -0.4 is 0 Å². The van der Waals surface area contributed by atoms with E-state index in [1.54, 1.807) is 0 Å². The summed E-state index contributed by atoms with van der Waals surface area (Å²) in [5, 5.41) is 0. The lowest BCUT2D eigenvalue weighted by Crippen LogP contribution is -2.14. The van der Waals surface area contributed by atoms with Crippen molar-refractivity contribution >= 4 is 60.8 Å². The summed E-state index contributed by atoms with van der Waals surface area (Å²) in [6.07, 6.45) is 2.47.